The van der Waals surface area contributed by atoms with Crippen LogP contribution >= 0.6 is 0 Å². The second-order valence-electron chi connectivity index (χ2n) is 16.3. The predicted octanol–water partition coefficient (Wildman–Crippen LogP) is 13.4. The number of hydrogen-bond donors (Lipinski definition) is 0. The van der Waals surface area contributed by atoms with Crippen molar-refractivity contribution in [1.29, 1.82) is 0 Å². The van der Waals surface area contributed by atoms with E-state index >= 15 is 0 Å². The quantitative estimate of drug-likeness (QED) is 0.157. The first-order chi connectivity index (χ1) is 31.2. The van der Waals surface area contributed by atoms with Crippen LogP contribution in [0, 0.1) is 0 Å². The van der Waals surface area contributed by atoms with Gasteiger partial charge in [-0.3, -0.25) is 4.57 Å². The topological polar surface area (TPSA) is 49.9 Å². The number of benzene rings is 8. The molecule has 0 fully saturated rings. The van der Waals surface area contributed by atoms with Crippen LogP contribution in [0.2, 0.25) is 0 Å². The Morgan fingerprint density at radius 3 is 1.60 bits per heavy atom. The summed E-state index contributed by atoms with van der Waals surface area (Å²) >= 11 is 0. The molecule has 3 aliphatic rings. The monoisotopic (exact) mass is 805 g/mol. The summed E-state index contributed by atoms with van der Waals surface area (Å²) in [6.45, 7) is 0. The fourth-order valence-electron chi connectivity index (χ4n) is 9.84. The highest BCUT2D eigenvalue weighted by molar-refractivity contribution is 6.21. The van der Waals surface area contributed by atoms with Gasteiger partial charge in [0.2, 0.25) is 5.82 Å². The average molecular weight is 806 g/mol. The van der Waals surface area contributed by atoms with Gasteiger partial charge in [0.15, 0.2) is 0 Å². The minimum Gasteiger partial charge on any atom is -0.323 e. The van der Waals surface area contributed by atoms with Crippen molar-refractivity contribution in [3.05, 3.63) is 224 Å². The lowest BCUT2D eigenvalue weighted by Crippen LogP contribution is -2.43. The zero-order chi connectivity index (χ0) is 41.4. The van der Waals surface area contributed by atoms with Gasteiger partial charge in [-0.15, -0.1) is 0 Å². The minimum absolute atomic E-state index is 0.0658. The molecule has 1 atom stereocenters. The molecule has 0 spiro atoms. The van der Waals surface area contributed by atoms with Crippen molar-refractivity contribution in [3.63, 3.8) is 0 Å². The third kappa shape index (κ3) is 5.58. The molecule has 63 heavy (non-hydrogen) atoms. The number of allylic oxidation sites excluding steroid dienone is 2. The Labute approximate surface area is 364 Å². The summed E-state index contributed by atoms with van der Waals surface area (Å²) in [7, 11) is 0. The molecule has 4 heterocycles. The Kier molecular flexibility index (Phi) is 7.87. The van der Waals surface area contributed by atoms with Gasteiger partial charge in [0.05, 0.1) is 16.7 Å². The second kappa shape index (κ2) is 14.0. The van der Waals surface area contributed by atoms with Crippen molar-refractivity contribution in [2.45, 2.75) is 6.04 Å². The molecule has 0 saturated carbocycles. The molecule has 0 saturated heterocycles. The van der Waals surface area contributed by atoms with Gasteiger partial charge in [-0.1, -0.05) is 158 Å². The summed E-state index contributed by atoms with van der Waals surface area (Å²) in [5.41, 5.74) is 16.7. The average Bonchev–Trinajstić information content (AvgIpc) is 3.88. The third-order valence-corrected chi connectivity index (χ3v) is 12.7. The van der Waals surface area contributed by atoms with Crippen LogP contribution in [0.1, 0.15) is 5.56 Å². The van der Waals surface area contributed by atoms with E-state index in [1.54, 1.807) is 0 Å². The highest BCUT2D eigenvalue weighted by atomic mass is 15.3. The van der Waals surface area contributed by atoms with Crippen LogP contribution in [-0.4, -0.2) is 31.3 Å². The molecule has 6 nitrogen and oxygen atoms in total. The number of aromatic nitrogens is 4. The number of anilines is 2. The Morgan fingerprint density at radius 2 is 0.984 bits per heavy atom. The van der Waals surface area contributed by atoms with Gasteiger partial charge in [-0.25, -0.2) is 0 Å². The van der Waals surface area contributed by atoms with E-state index in [1.165, 1.54) is 28.0 Å². The number of rotatable bonds is 6. The van der Waals surface area contributed by atoms with Gasteiger partial charge in [-0.05, 0) is 110 Å². The van der Waals surface area contributed by atoms with Crippen molar-refractivity contribution in [2.75, 3.05) is 4.90 Å². The van der Waals surface area contributed by atoms with Gasteiger partial charge in [0.25, 0.3) is 0 Å². The SMILES string of the molecule is C1=CC2=[N+](c3nc(-c4ccccc4)nc(-n4c5ccc(-c6ccccc6)cc5c5cc(-c6ccccc6)ccc54)n3)c3cc(-c4ccccc4)ccc3N3c4ccccc4C(=C1)C23. The Balaban J connectivity index is 1.10. The van der Waals surface area contributed by atoms with E-state index in [0.717, 1.165) is 66.7 Å². The van der Waals surface area contributed by atoms with E-state index in [1.807, 2.05) is 18.2 Å². The summed E-state index contributed by atoms with van der Waals surface area (Å²) in [5, 5.41) is 2.25. The van der Waals surface area contributed by atoms with Crippen LogP contribution < -0.4 is 9.48 Å². The van der Waals surface area contributed by atoms with Gasteiger partial charge < -0.3 is 4.90 Å². The highest BCUT2D eigenvalue weighted by Crippen LogP contribution is 2.52. The van der Waals surface area contributed by atoms with Crippen LogP contribution in [0.15, 0.2) is 218 Å². The molecule has 10 aromatic rings. The Hall–Kier alpha value is -8.48. The highest BCUT2D eigenvalue weighted by Gasteiger charge is 2.46. The zero-order valence-electron chi connectivity index (χ0n) is 34.0. The zero-order valence-corrected chi connectivity index (χ0v) is 34.0. The molecule has 0 N–H and O–H groups in total. The Bertz CT molecular complexity index is 3460. The van der Waals surface area contributed by atoms with E-state index in [0.29, 0.717) is 17.7 Å². The van der Waals surface area contributed by atoms with E-state index in [9.17, 15) is 0 Å². The first-order valence-corrected chi connectivity index (χ1v) is 21.4. The summed E-state index contributed by atoms with van der Waals surface area (Å²) in [6.07, 6.45) is 6.66. The summed E-state index contributed by atoms with van der Waals surface area (Å²) in [6, 6.07) is 71.0. The first kappa shape index (κ1) is 35.3. The normalized spacial score (nSPS) is 14.8. The molecule has 13 rings (SSSR count). The van der Waals surface area contributed by atoms with Crippen molar-refractivity contribution < 1.29 is 0 Å². The van der Waals surface area contributed by atoms with Gasteiger partial charge >= 0.3 is 11.9 Å². The van der Waals surface area contributed by atoms with Gasteiger partial charge in [0, 0.05) is 27.6 Å². The second-order valence-corrected chi connectivity index (χ2v) is 16.3. The third-order valence-electron chi connectivity index (χ3n) is 12.7. The van der Waals surface area contributed by atoms with Crippen molar-refractivity contribution in [2.24, 2.45) is 0 Å². The molecule has 1 aliphatic carbocycles. The lowest BCUT2D eigenvalue weighted by atomic mass is 9.92. The van der Waals surface area contributed by atoms with Gasteiger partial charge in [0.1, 0.15) is 17.4 Å². The van der Waals surface area contributed by atoms with Crippen molar-refractivity contribution >= 4 is 56.1 Å². The van der Waals surface area contributed by atoms with Crippen LogP contribution in [0.4, 0.5) is 23.0 Å². The molecule has 294 valence electrons. The molecule has 2 aromatic heterocycles. The van der Waals surface area contributed by atoms with E-state index < -0.39 is 0 Å². The molecular weight excluding hydrogens is 769 g/mol. The van der Waals surface area contributed by atoms with Crippen LogP contribution in [0.5, 0.6) is 0 Å². The predicted molar refractivity (Wildman–Crippen MR) is 258 cm³/mol. The maximum absolute atomic E-state index is 5.57. The van der Waals surface area contributed by atoms with Crippen molar-refractivity contribution in [3.8, 4) is 50.7 Å². The fraction of sp³-hybridized carbons (Fsp3) is 0.0175. The molecule has 0 radical (unpaired) electrons. The van der Waals surface area contributed by atoms with Gasteiger partial charge in [-0.2, -0.15) is 9.56 Å². The first-order valence-electron chi connectivity index (χ1n) is 21.4. The Morgan fingerprint density at radius 1 is 0.444 bits per heavy atom. The largest absolute Gasteiger partial charge is 0.444 e. The summed E-state index contributed by atoms with van der Waals surface area (Å²) < 4.78 is 4.51. The molecule has 0 amide bonds. The number of fused-ring (bicyclic) bond motifs is 8. The maximum atomic E-state index is 5.57. The van der Waals surface area contributed by atoms with Crippen LogP contribution in [0.3, 0.4) is 0 Å². The van der Waals surface area contributed by atoms with Crippen LogP contribution in [-0.2, 0) is 0 Å². The standard InChI is InChI=1S/C57H37N6/c1-5-16-37(17-6-1)41-28-31-49-46(34-41)47-35-42(38-18-7-2-8-19-38)29-32-50(47)62(49)56-58-55(40-22-11-4-12-23-40)59-57(60-56)63-52-27-15-25-45-44-24-13-14-26-48(44)61(54(45)52)51-33-30-43(36-53(51)63)39-20-9-3-10-21-39/h1-36,54H/q+1. The molecular formula is C57H37N6+. The lowest BCUT2D eigenvalue weighted by molar-refractivity contribution is 0.849. The summed E-state index contributed by atoms with van der Waals surface area (Å²) in [5.74, 6) is 1.70. The summed E-state index contributed by atoms with van der Waals surface area (Å²) in [4.78, 5) is 18.8. The maximum Gasteiger partial charge on any atom is 0.444 e. The van der Waals surface area contributed by atoms with Crippen LogP contribution in [0.25, 0.3) is 78.1 Å². The number of hydrogen-bond acceptors (Lipinski definition) is 4. The molecule has 8 aromatic carbocycles. The lowest BCUT2D eigenvalue weighted by Gasteiger charge is -2.35. The fourth-order valence-corrected chi connectivity index (χ4v) is 9.84. The van der Waals surface area contributed by atoms with E-state index in [4.69, 9.17) is 15.0 Å². The van der Waals surface area contributed by atoms with E-state index in [2.05, 4.69) is 214 Å². The molecule has 6 heteroatoms. The number of nitrogens with zero attached hydrogens (tertiary/aromatic N) is 6. The van der Waals surface area contributed by atoms with Crippen molar-refractivity contribution in [1.82, 2.24) is 24.1 Å². The minimum atomic E-state index is -0.0658. The number of para-hydroxylation sites is 1. The molecule has 2 aliphatic heterocycles. The molecule has 0 bridgehead atoms. The molecule has 1 unspecified atom stereocenters. The smallest absolute Gasteiger partial charge is 0.323 e. The van der Waals surface area contributed by atoms with E-state index in [-0.39, 0.29) is 6.04 Å².